The maximum atomic E-state index is 12.7. The van der Waals surface area contributed by atoms with E-state index >= 15 is 0 Å². The Labute approximate surface area is 162 Å². The Kier molecular flexibility index (Phi) is 4.74. The fourth-order valence-electron chi connectivity index (χ4n) is 4.28. The van der Waals surface area contributed by atoms with Crippen molar-refractivity contribution in [2.45, 2.75) is 39.2 Å². The molecule has 2 amide bonds. The predicted molar refractivity (Wildman–Crippen MR) is 100 cm³/mol. The van der Waals surface area contributed by atoms with E-state index in [4.69, 9.17) is 0 Å². The minimum absolute atomic E-state index is 0.115. The van der Waals surface area contributed by atoms with Crippen LogP contribution in [-0.4, -0.2) is 61.2 Å². The average molecular weight is 384 g/mol. The summed E-state index contributed by atoms with van der Waals surface area (Å²) in [5, 5.41) is 0. The van der Waals surface area contributed by atoms with Crippen LogP contribution < -0.4 is 5.69 Å². The quantitative estimate of drug-likeness (QED) is 0.814. The molecule has 1 spiro atoms. The Hall–Kier alpha value is -2.97. The van der Waals surface area contributed by atoms with Crippen molar-refractivity contribution in [2.24, 2.45) is 5.41 Å². The molecule has 2 saturated heterocycles. The average Bonchev–Trinajstić information content (AvgIpc) is 3.13. The highest BCUT2D eigenvalue weighted by atomic mass is 16.2. The van der Waals surface area contributed by atoms with Crippen molar-refractivity contribution in [1.29, 1.82) is 0 Å². The van der Waals surface area contributed by atoms with Crippen LogP contribution >= 0.6 is 0 Å². The molecule has 9 heteroatoms. The number of carbonyl (C=O) groups is 2. The van der Waals surface area contributed by atoms with Crippen LogP contribution in [0.25, 0.3) is 0 Å². The van der Waals surface area contributed by atoms with E-state index in [0.29, 0.717) is 32.6 Å². The maximum absolute atomic E-state index is 12.7. The fourth-order valence-corrected chi connectivity index (χ4v) is 4.28. The van der Waals surface area contributed by atoms with Crippen molar-refractivity contribution < 1.29 is 9.59 Å². The number of likely N-dealkylation sites (tertiary alicyclic amines) is 2. The minimum atomic E-state index is -0.385. The van der Waals surface area contributed by atoms with Crippen LogP contribution in [0.15, 0.2) is 23.4 Å². The van der Waals surface area contributed by atoms with Gasteiger partial charge in [0, 0.05) is 43.9 Å². The number of aryl methyl sites for hydroxylation is 1. The summed E-state index contributed by atoms with van der Waals surface area (Å²) in [6, 6.07) is 0. The number of imidazole rings is 1. The second-order valence-corrected chi connectivity index (χ2v) is 7.89. The minimum Gasteiger partial charge on any atom is -0.337 e. The van der Waals surface area contributed by atoms with Crippen LogP contribution in [0.1, 0.15) is 47.6 Å². The van der Waals surface area contributed by atoms with Crippen molar-refractivity contribution in [3.05, 3.63) is 46.2 Å². The summed E-state index contributed by atoms with van der Waals surface area (Å²) in [6.45, 7) is 4.17. The normalized spacial score (nSPS) is 22.7. The molecule has 0 radical (unpaired) electrons. The van der Waals surface area contributed by atoms with E-state index in [1.54, 1.807) is 17.3 Å². The number of hydrogen-bond acceptors (Lipinski definition) is 5. The van der Waals surface area contributed by atoms with E-state index in [1.165, 1.54) is 6.20 Å². The highest BCUT2D eigenvalue weighted by Crippen LogP contribution is 2.39. The van der Waals surface area contributed by atoms with Gasteiger partial charge in [0.2, 0.25) is 5.91 Å². The van der Waals surface area contributed by atoms with Gasteiger partial charge in [-0.1, -0.05) is 0 Å². The molecule has 4 rings (SSSR count). The van der Waals surface area contributed by atoms with Gasteiger partial charge in [-0.05, 0) is 26.2 Å². The highest BCUT2D eigenvalue weighted by molar-refractivity contribution is 5.92. The molecular formula is C19H24N6O3. The van der Waals surface area contributed by atoms with Crippen molar-refractivity contribution >= 4 is 11.8 Å². The lowest BCUT2D eigenvalue weighted by Gasteiger charge is -2.48. The van der Waals surface area contributed by atoms with E-state index in [0.717, 1.165) is 30.7 Å². The number of nitrogens with zero attached hydrogens (tertiary/aromatic N) is 4. The monoisotopic (exact) mass is 384 g/mol. The third kappa shape index (κ3) is 3.69. The zero-order valence-corrected chi connectivity index (χ0v) is 15.9. The van der Waals surface area contributed by atoms with Crippen molar-refractivity contribution in [1.82, 2.24) is 29.7 Å². The van der Waals surface area contributed by atoms with Gasteiger partial charge in [-0.2, -0.15) is 0 Å². The van der Waals surface area contributed by atoms with Gasteiger partial charge >= 0.3 is 5.69 Å². The molecule has 148 valence electrons. The summed E-state index contributed by atoms with van der Waals surface area (Å²) in [5.41, 5.74) is 1.39. The lowest BCUT2D eigenvalue weighted by atomic mass is 9.73. The van der Waals surface area contributed by atoms with Gasteiger partial charge in [-0.15, -0.1) is 0 Å². The fraction of sp³-hybridized carbons (Fsp3) is 0.526. The molecule has 2 N–H and O–H groups in total. The molecule has 0 aromatic carbocycles. The van der Waals surface area contributed by atoms with Gasteiger partial charge in [-0.25, -0.2) is 4.79 Å². The molecule has 4 heterocycles. The van der Waals surface area contributed by atoms with E-state index in [9.17, 15) is 14.4 Å². The van der Waals surface area contributed by atoms with E-state index in [2.05, 4.69) is 19.9 Å². The summed E-state index contributed by atoms with van der Waals surface area (Å²) >= 11 is 0. The Morgan fingerprint density at radius 3 is 2.79 bits per heavy atom. The third-order valence-electron chi connectivity index (χ3n) is 5.71. The largest absolute Gasteiger partial charge is 0.337 e. The first-order valence-electron chi connectivity index (χ1n) is 9.56. The Bertz CT molecular complexity index is 934. The molecule has 2 fully saturated rings. The maximum Gasteiger partial charge on any atom is 0.323 e. The first-order chi connectivity index (χ1) is 13.4. The molecule has 0 bridgehead atoms. The lowest BCUT2D eigenvalue weighted by Crippen LogP contribution is -2.55. The Morgan fingerprint density at radius 1 is 1.21 bits per heavy atom. The number of piperidine rings is 2. The summed E-state index contributed by atoms with van der Waals surface area (Å²) < 4.78 is 0. The zero-order chi connectivity index (χ0) is 19.7. The molecule has 2 aliphatic heterocycles. The molecule has 1 atom stereocenters. The Balaban J connectivity index is 1.48. The van der Waals surface area contributed by atoms with Crippen LogP contribution in [0.5, 0.6) is 0 Å². The van der Waals surface area contributed by atoms with Gasteiger partial charge in [0.1, 0.15) is 5.69 Å². The molecule has 0 saturated carbocycles. The number of aromatic amines is 2. The first kappa shape index (κ1) is 18.4. The number of nitrogens with one attached hydrogen (secondary N) is 2. The molecule has 9 nitrogen and oxygen atoms in total. The van der Waals surface area contributed by atoms with E-state index in [-0.39, 0.29) is 28.6 Å². The van der Waals surface area contributed by atoms with Crippen LogP contribution in [0, 0.1) is 12.3 Å². The third-order valence-corrected chi connectivity index (χ3v) is 5.71. The number of hydrogen-bond donors (Lipinski definition) is 2. The second-order valence-electron chi connectivity index (χ2n) is 7.89. The highest BCUT2D eigenvalue weighted by Gasteiger charge is 2.43. The zero-order valence-electron chi connectivity index (χ0n) is 15.9. The van der Waals surface area contributed by atoms with E-state index < -0.39 is 0 Å². The van der Waals surface area contributed by atoms with Crippen LogP contribution in [0.2, 0.25) is 0 Å². The summed E-state index contributed by atoms with van der Waals surface area (Å²) in [5.74, 6) is -0.0586. The topological polar surface area (TPSA) is 115 Å². The first-order valence-corrected chi connectivity index (χ1v) is 9.56. The van der Waals surface area contributed by atoms with Gasteiger partial charge in [0.25, 0.3) is 5.91 Å². The molecule has 2 aliphatic rings. The van der Waals surface area contributed by atoms with Crippen LogP contribution in [0.4, 0.5) is 0 Å². The van der Waals surface area contributed by atoms with Gasteiger partial charge in [0.15, 0.2) is 0 Å². The molecule has 0 aliphatic carbocycles. The number of aromatic nitrogens is 4. The van der Waals surface area contributed by atoms with Crippen molar-refractivity contribution in [3.8, 4) is 0 Å². The molecular weight excluding hydrogens is 360 g/mol. The predicted octanol–water partition coefficient (Wildman–Crippen LogP) is 0.846. The number of amides is 2. The van der Waals surface area contributed by atoms with Gasteiger partial charge < -0.3 is 19.8 Å². The summed E-state index contributed by atoms with van der Waals surface area (Å²) in [4.78, 5) is 53.8. The molecule has 2 aromatic heterocycles. The number of carbonyl (C=O) groups excluding carboxylic acids is 2. The van der Waals surface area contributed by atoms with Crippen molar-refractivity contribution in [2.75, 3.05) is 19.6 Å². The van der Waals surface area contributed by atoms with Gasteiger partial charge in [0.05, 0.1) is 24.1 Å². The number of rotatable bonds is 3. The molecule has 28 heavy (non-hydrogen) atoms. The van der Waals surface area contributed by atoms with E-state index in [1.807, 2.05) is 11.8 Å². The van der Waals surface area contributed by atoms with Gasteiger partial charge in [-0.3, -0.25) is 19.6 Å². The van der Waals surface area contributed by atoms with Crippen LogP contribution in [0.3, 0.4) is 0 Å². The number of H-pyrrole nitrogens is 2. The Morgan fingerprint density at radius 2 is 2.07 bits per heavy atom. The summed E-state index contributed by atoms with van der Waals surface area (Å²) in [7, 11) is 0. The SMILES string of the molecule is Cc1cnc(CN2C[C@@]3(CCCN(C(=O)c4c[nH]c(=O)[nH]4)C3)CCC2=O)cn1. The van der Waals surface area contributed by atoms with Crippen LogP contribution in [-0.2, 0) is 11.3 Å². The standard InChI is InChI=1S/C19H24N6O3/c1-13-7-21-14(8-20-13)10-25-12-19(5-3-16(25)26)4-2-6-24(11-19)17(27)15-9-22-18(28)23-15/h7-9H,2-6,10-12H2,1H3,(H2,22,23,28)/t19-/m0/s1. The van der Waals surface area contributed by atoms with Crippen molar-refractivity contribution in [3.63, 3.8) is 0 Å². The smallest absolute Gasteiger partial charge is 0.323 e. The molecule has 0 unspecified atom stereocenters. The molecule has 2 aromatic rings. The lowest BCUT2D eigenvalue weighted by molar-refractivity contribution is -0.139. The second kappa shape index (κ2) is 7.21. The summed E-state index contributed by atoms with van der Waals surface area (Å²) in [6.07, 6.45) is 7.94.